The molecule has 0 atom stereocenters. The Morgan fingerprint density at radius 1 is 1.44 bits per heavy atom. The molecule has 1 aromatic heterocycles. The minimum absolute atomic E-state index is 0.190. The van der Waals surface area contributed by atoms with E-state index in [-0.39, 0.29) is 5.91 Å². The first kappa shape index (κ1) is 10.2. The third-order valence-electron chi connectivity index (χ3n) is 2.66. The normalized spacial score (nSPS) is 16.3. The van der Waals surface area contributed by atoms with Gasteiger partial charge >= 0.3 is 0 Å². The maximum atomic E-state index is 11.6. The highest BCUT2D eigenvalue weighted by Gasteiger charge is 2.24. The van der Waals surface area contributed by atoms with Crippen molar-refractivity contribution < 1.29 is 4.79 Å². The van der Waals surface area contributed by atoms with Crippen LogP contribution in [0.5, 0.6) is 0 Å². The van der Waals surface area contributed by atoms with Crippen LogP contribution in [0.25, 0.3) is 10.2 Å². The molecule has 5 heteroatoms. The summed E-state index contributed by atoms with van der Waals surface area (Å²) in [6.07, 6.45) is 1.59. The second-order valence-corrected chi connectivity index (χ2v) is 5.60. The zero-order valence-electron chi connectivity index (χ0n) is 8.44. The molecule has 1 fully saturated rings. The summed E-state index contributed by atoms with van der Waals surface area (Å²) in [5, 5.41) is 0.824. The number of thiazole rings is 1. The van der Waals surface area contributed by atoms with E-state index in [9.17, 15) is 4.79 Å². The highest BCUT2D eigenvalue weighted by atomic mass is 79.9. The zero-order chi connectivity index (χ0) is 11.1. The third kappa shape index (κ3) is 1.55. The first-order valence-electron chi connectivity index (χ1n) is 5.11. The minimum atomic E-state index is 0.190. The molecule has 16 heavy (non-hydrogen) atoms. The molecule has 2 heterocycles. The summed E-state index contributed by atoms with van der Waals surface area (Å²) in [5.41, 5.74) is 0.946. The fourth-order valence-corrected chi connectivity index (χ4v) is 3.49. The van der Waals surface area contributed by atoms with E-state index in [0.29, 0.717) is 6.42 Å². The molecule has 0 spiro atoms. The van der Waals surface area contributed by atoms with Crippen molar-refractivity contribution in [2.45, 2.75) is 12.8 Å². The lowest BCUT2D eigenvalue weighted by Gasteiger charge is -2.09. The van der Waals surface area contributed by atoms with E-state index < -0.39 is 0 Å². The number of benzene rings is 1. The summed E-state index contributed by atoms with van der Waals surface area (Å²) >= 11 is 5.05. The average Bonchev–Trinajstić information content (AvgIpc) is 2.84. The van der Waals surface area contributed by atoms with Crippen molar-refractivity contribution in [2.24, 2.45) is 0 Å². The summed E-state index contributed by atoms with van der Waals surface area (Å²) in [6.45, 7) is 0.802. The summed E-state index contributed by atoms with van der Waals surface area (Å²) in [5.74, 6) is 0.190. The van der Waals surface area contributed by atoms with Crippen LogP contribution in [-0.2, 0) is 4.79 Å². The molecule has 3 rings (SSSR count). The Morgan fingerprint density at radius 3 is 3.00 bits per heavy atom. The van der Waals surface area contributed by atoms with Crippen molar-refractivity contribution >= 4 is 48.5 Å². The van der Waals surface area contributed by atoms with E-state index in [1.54, 1.807) is 16.2 Å². The molecular formula is C11H9BrN2OS. The molecule has 1 amide bonds. The molecule has 82 valence electrons. The van der Waals surface area contributed by atoms with Crippen LogP contribution in [0.1, 0.15) is 12.8 Å². The number of halogens is 1. The molecule has 1 saturated heterocycles. The summed E-state index contributed by atoms with van der Waals surface area (Å²) in [4.78, 5) is 17.9. The van der Waals surface area contributed by atoms with Gasteiger partial charge in [0.15, 0.2) is 5.13 Å². The van der Waals surface area contributed by atoms with Gasteiger partial charge in [-0.05, 0) is 34.5 Å². The summed E-state index contributed by atoms with van der Waals surface area (Å²) in [7, 11) is 0. The number of carbonyl (C=O) groups excluding carboxylic acids is 1. The largest absolute Gasteiger partial charge is 0.288 e. The van der Waals surface area contributed by atoms with Crippen LogP contribution in [0.4, 0.5) is 5.13 Å². The number of amides is 1. The Morgan fingerprint density at radius 2 is 2.31 bits per heavy atom. The van der Waals surface area contributed by atoms with Crippen LogP contribution in [0.3, 0.4) is 0 Å². The highest BCUT2D eigenvalue weighted by Crippen LogP contribution is 2.34. The van der Waals surface area contributed by atoms with E-state index in [2.05, 4.69) is 20.9 Å². The molecule has 0 aliphatic carbocycles. The van der Waals surface area contributed by atoms with Crippen molar-refractivity contribution in [3.05, 3.63) is 22.7 Å². The maximum Gasteiger partial charge on any atom is 0.228 e. The van der Waals surface area contributed by atoms with Gasteiger partial charge in [0, 0.05) is 17.4 Å². The van der Waals surface area contributed by atoms with E-state index in [4.69, 9.17) is 0 Å². The van der Waals surface area contributed by atoms with Gasteiger partial charge in [-0.15, -0.1) is 0 Å². The van der Waals surface area contributed by atoms with Crippen molar-refractivity contribution in [1.82, 2.24) is 4.98 Å². The smallest absolute Gasteiger partial charge is 0.228 e. The van der Waals surface area contributed by atoms with Gasteiger partial charge in [0.05, 0.1) is 10.2 Å². The molecule has 2 aromatic rings. The van der Waals surface area contributed by atoms with Crippen molar-refractivity contribution in [3.63, 3.8) is 0 Å². The quantitative estimate of drug-likeness (QED) is 0.810. The fourth-order valence-electron chi connectivity index (χ4n) is 1.87. The van der Waals surface area contributed by atoms with Crippen molar-refractivity contribution in [3.8, 4) is 0 Å². The Kier molecular flexibility index (Phi) is 2.44. The number of hydrogen-bond donors (Lipinski definition) is 0. The van der Waals surface area contributed by atoms with E-state index in [1.165, 1.54) is 0 Å². The van der Waals surface area contributed by atoms with E-state index >= 15 is 0 Å². The molecule has 0 radical (unpaired) electrons. The predicted molar refractivity (Wildman–Crippen MR) is 68.9 cm³/mol. The Hall–Kier alpha value is -0.940. The second kappa shape index (κ2) is 3.82. The SMILES string of the molecule is O=C1CCCN1c1nc2c(Br)cccc2s1. The molecule has 0 bridgehead atoms. The molecular weight excluding hydrogens is 288 g/mol. The van der Waals surface area contributed by atoms with E-state index in [0.717, 1.165) is 32.8 Å². The number of rotatable bonds is 1. The Bertz CT molecular complexity index is 566. The van der Waals surface area contributed by atoms with Crippen LogP contribution >= 0.6 is 27.3 Å². The average molecular weight is 297 g/mol. The summed E-state index contributed by atoms with van der Waals surface area (Å²) < 4.78 is 2.10. The minimum Gasteiger partial charge on any atom is -0.288 e. The lowest BCUT2D eigenvalue weighted by atomic mass is 10.3. The lowest BCUT2D eigenvalue weighted by molar-refractivity contribution is -0.117. The molecule has 1 aliphatic rings. The van der Waals surface area contributed by atoms with Crippen LogP contribution in [0, 0.1) is 0 Å². The standard InChI is InChI=1S/C11H9BrN2OS/c12-7-3-1-4-8-10(7)13-11(16-8)14-6-2-5-9(14)15/h1,3-4H,2,5-6H2. The number of para-hydroxylation sites is 1. The lowest BCUT2D eigenvalue weighted by Crippen LogP contribution is -2.23. The van der Waals surface area contributed by atoms with Gasteiger partial charge in [-0.25, -0.2) is 4.98 Å². The van der Waals surface area contributed by atoms with Crippen LogP contribution in [0.2, 0.25) is 0 Å². The summed E-state index contributed by atoms with van der Waals surface area (Å²) in [6, 6.07) is 5.99. The highest BCUT2D eigenvalue weighted by molar-refractivity contribution is 9.10. The molecule has 0 saturated carbocycles. The predicted octanol–water partition coefficient (Wildman–Crippen LogP) is 3.19. The van der Waals surface area contributed by atoms with Crippen LogP contribution < -0.4 is 4.90 Å². The number of hydrogen-bond acceptors (Lipinski definition) is 3. The first-order chi connectivity index (χ1) is 7.75. The topological polar surface area (TPSA) is 33.2 Å². The van der Waals surface area contributed by atoms with Gasteiger partial charge in [-0.2, -0.15) is 0 Å². The van der Waals surface area contributed by atoms with Gasteiger partial charge < -0.3 is 0 Å². The molecule has 0 unspecified atom stereocenters. The molecule has 1 aliphatic heterocycles. The Balaban J connectivity index is 2.11. The third-order valence-corrected chi connectivity index (χ3v) is 4.35. The number of nitrogens with zero attached hydrogens (tertiary/aromatic N) is 2. The number of anilines is 1. The van der Waals surface area contributed by atoms with Crippen LogP contribution in [0.15, 0.2) is 22.7 Å². The molecule has 0 N–H and O–H groups in total. The van der Waals surface area contributed by atoms with Gasteiger partial charge in [0.2, 0.25) is 5.91 Å². The van der Waals surface area contributed by atoms with Gasteiger partial charge in [-0.3, -0.25) is 9.69 Å². The van der Waals surface area contributed by atoms with Crippen LogP contribution in [-0.4, -0.2) is 17.4 Å². The van der Waals surface area contributed by atoms with Crippen molar-refractivity contribution in [1.29, 1.82) is 0 Å². The number of fused-ring (bicyclic) bond motifs is 1. The molecule has 1 aromatic carbocycles. The maximum absolute atomic E-state index is 11.6. The van der Waals surface area contributed by atoms with Gasteiger partial charge in [0.1, 0.15) is 0 Å². The second-order valence-electron chi connectivity index (χ2n) is 3.73. The zero-order valence-corrected chi connectivity index (χ0v) is 10.8. The first-order valence-corrected chi connectivity index (χ1v) is 6.72. The monoisotopic (exact) mass is 296 g/mol. The van der Waals surface area contributed by atoms with Crippen molar-refractivity contribution in [2.75, 3.05) is 11.4 Å². The Labute approximate surface area is 105 Å². The number of carbonyl (C=O) groups is 1. The number of aromatic nitrogens is 1. The van der Waals surface area contributed by atoms with E-state index in [1.807, 2.05) is 18.2 Å². The van der Waals surface area contributed by atoms with Gasteiger partial charge in [0.25, 0.3) is 0 Å². The van der Waals surface area contributed by atoms with Gasteiger partial charge in [-0.1, -0.05) is 17.4 Å². The fraction of sp³-hybridized carbons (Fsp3) is 0.273. The molecule has 3 nitrogen and oxygen atoms in total.